The molecular formula is C15H23NO. The molecule has 0 radical (unpaired) electrons. The molecule has 2 heteroatoms. The van der Waals surface area contributed by atoms with E-state index < -0.39 is 0 Å². The standard InChI is InChI=1S/C15H23NO/c16-11-10-12-6-4-5-9-14(12)15(17)13-7-2-1-3-8-13/h4-6,9,13,15,17H,1-3,7-8,10-11,16H2. The molecule has 17 heavy (non-hydrogen) atoms. The van der Waals surface area contributed by atoms with Crippen molar-refractivity contribution in [1.82, 2.24) is 0 Å². The molecule has 0 heterocycles. The van der Waals surface area contributed by atoms with E-state index >= 15 is 0 Å². The highest BCUT2D eigenvalue weighted by Gasteiger charge is 2.24. The molecule has 1 atom stereocenters. The molecule has 2 rings (SSSR count). The topological polar surface area (TPSA) is 46.2 Å². The summed E-state index contributed by atoms with van der Waals surface area (Å²) >= 11 is 0. The summed E-state index contributed by atoms with van der Waals surface area (Å²) in [6.45, 7) is 0.647. The van der Waals surface area contributed by atoms with Gasteiger partial charge >= 0.3 is 0 Å². The third-order valence-corrected chi connectivity index (χ3v) is 3.88. The summed E-state index contributed by atoms with van der Waals surface area (Å²) in [5.41, 5.74) is 7.94. The molecule has 0 amide bonds. The van der Waals surface area contributed by atoms with Gasteiger partial charge in [0.25, 0.3) is 0 Å². The largest absolute Gasteiger partial charge is 0.388 e. The second kappa shape index (κ2) is 6.18. The molecule has 0 spiro atoms. The van der Waals surface area contributed by atoms with E-state index in [-0.39, 0.29) is 6.10 Å². The minimum Gasteiger partial charge on any atom is -0.388 e. The predicted octanol–water partition coefficient (Wildman–Crippen LogP) is 2.80. The van der Waals surface area contributed by atoms with Gasteiger partial charge in [0, 0.05) is 0 Å². The Bertz CT molecular complexity index is 345. The lowest BCUT2D eigenvalue weighted by atomic mass is 9.81. The van der Waals surface area contributed by atoms with Crippen LogP contribution < -0.4 is 5.73 Å². The zero-order chi connectivity index (χ0) is 12.1. The lowest BCUT2D eigenvalue weighted by Gasteiger charge is -2.28. The zero-order valence-electron chi connectivity index (χ0n) is 10.4. The maximum Gasteiger partial charge on any atom is 0.0820 e. The van der Waals surface area contributed by atoms with Crippen LogP contribution in [-0.4, -0.2) is 11.7 Å². The third-order valence-electron chi connectivity index (χ3n) is 3.88. The number of hydrogen-bond donors (Lipinski definition) is 2. The van der Waals surface area contributed by atoms with E-state index in [2.05, 4.69) is 12.1 Å². The van der Waals surface area contributed by atoms with Crippen LogP contribution >= 0.6 is 0 Å². The summed E-state index contributed by atoms with van der Waals surface area (Å²) in [4.78, 5) is 0. The van der Waals surface area contributed by atoms with Gasteiger partial charge in [0.05, 0.1) is 6.10 Å². The summed E-state index contributed by atoms with van der Waals surface area (Å²) in [5.74, 6) is 0.447. The Labute approximate surface area is 104 Å². The highest BCUT2D eigenvalue weighted by Crippen LogP contribution is 2.35. The van der Waals surface area contributed by atoms with Crippen LogP contribution in [-0.2, 0) is 6.42 Å². The fraction of sp³-hybridized carbons (Fsp3) is 0.600. The summed E-state index contributed by atoms with van der Waals surface area (Å²) in [5, 5.41) is 10.5. The Morgan fingerprint density at radius 1 is 1.18 bits per heavy atom. The Morgan fingerprint density at radius 3 is 2.59 bits per heavy atom. The van der Waals surface area contributed by atoms with Crippen molar-refractivity contribution in [2.24, 2.45) is 11.7 Å². The number of nitrogens with two attached hydrogens (primary N) is 1. The van der Waals surface area contributed by atoms with Gasteiger partial charge in [0.1, 0.15) is 0 Å². The Kier molecular flexibility index (Phi) is 4.57. The molecule has 3 N–H and O–H groups in total. The summed E-state index contributed by atoms with van der Waals surface area (Å²) < 4.78 is 0. The maximum atomic E-state index is 10.5. The molecule has 1 fully saturated rings. The smallest absolute Gasteiger partial charge is 0.0820 e. The van der Waals surface area contributed by atoms with E-state index in [1.54, 1.807) is 0 Å². The second-order valence-corrected chi connectivity index (χ2v) is 5.08. The van der Waals surface area contributed by atoms with Crippen molar-refractivity contribution in [3.05, 3.63) is 35.4 Å². The predicted molar refractivity (Wildman–Crippen MR) is 70.7 cm³/mol. The van der Waals surface area contributed by atoms with Gasteiger partial charge in [-0.05, 0) is 42.9 Å². The van der Waals surface area contributed by atoms with Crippen LogP contribution in [0.3, 0.4) is 0 Å². The Morgan fingerprint density at radius 2 is 1.88 bits per heavy atom. The van der Waals surface area contributed by atoms with E-state index in [0.717, 1.165) is 24.8 Å². The summed E-state index contributed by atoms with van der Waals surface area (Å²) in [6, 6.07) is 8.20. The van der Waals surface area contributed by atoms with Gasteiger partial charge in [-0.1, -0.05) is 43.5 Å². The molecule has 1 unspecified atom stereocenters. The first-order valence-corrected chi connectivity index (χ1v) is 6.79. The Balaban J connectivity index is 2.14. The molecule has 1 aliphatic rings. The average Bonchev–Trinajstić information content (AvgIpc) is 2.40. The van der Waals surface area contributed by atoms with Crippen molar-refractivity contribution in [2.75, 3.05) is 6.54 Å². The molecule has 2 nitrogen and oxygen atoms in total. The second-order valence-electron chi connectivity index (χ2n) is 5.08. The molecule has 94 valence electrons. The van der Waals surface area contributed by atoms with Gasteiger partial charge in [0.2, 0.25) is 0 Å². The van der Waals surface area contributed by atoms with Gasteiger partial charge in [-0.3, -0.25) is 0 Å². The first-order chi connectivity index (χ1) is 8.33. The van der Waals surface area contributed by atoms with Crippen molar-refractivity contribution in [3.63, 3.8) is 0 Å². The van der Waals surface area contributed by atoms with Crippen molar-refractivity contribution in [1.29, 1.82) is 0 Å². The fourth-order valence-corrected chi connectivity index (χ4v) is 2.91. The molecule has 1 aliphatic carbocycles. The van der Waals surface area contributed by atoms with Crippen molar-refractivity contribution in [2.45, 2.75) is 44.6 Å². The van der Waals surface area contributed by atoms with Crippen LogP contribution in [0.25, 0.3) is 0 Å². The van der Waals surface area contributed by atoms with Gasteiger partial charge in [-0.2, -0.15) is 0 Å². The van der Waals surface area contributed by atoms with E-state index in [4.69, 9.17) is 5.73 Å². The minimum absolute atomic E-state index is 0.293. The van der Waals surface area contributed by atoms with Crippen LogP contribution in [0.2, 0.25) is 0 Å². The lowest BCUT2D eigenvalue weighted by Crippen LogP contribution is -2.18. The summed E-state index contributed by atoms with van der Waals surface area (Å²) in [7, 11) is 0. The minimum atomic E-state index is -0.293. The molecule has 1 aromatic rings. The first kappa shape index (κ1) is 12.6. The lowest BCUT2D eigenvalue weighted by molar-refractivity contribution is 0.0841. The number of rotatable bonds is 4. The molecule has 1 saturated carbocycles. The van der Waals surface area contributed by atoms with Crippen LogP contribution in [0.15, 0.2) is 24.3 Å². The highest BCUT2D eigenvalue weighted by molar-refractivity contribution is 5.29. The van der Waals surface area contributed by atoms with E-state index in [0.29, 0.717) is 12.5 Å². The van der Waals surface area contributed by atoms with Crippen molar-refractivity contribution < 1.29 is 5.11 Å². The molecule has 0 bridgehead atoms. The monoisotopic (exact) mass is 233 g/mol. The summed E-state index contributed by atoms with van der Waals surface area (Å²) in [6.07, 6.45) is 6.75. The van der Waals surface area contributed by atoms with Crippen LogP contribution in [0, 0.1) is 5.92 Å². The first-order valence-electron chi connectivity index (χ1n) is 6.79. The normalized spacial score (nSPS) is 19.2. The van der Waals surface area contributed by atoms with Crippen molar-refractivity contribution >= 4 is 0 Å². The van der Waals surface area contributed by atoms with Crippen LogP contribution in [0.4, 0.5) is 0 Å². The van der Waals surface area contributed by atoms with Crippen LogP contribution in [0.5, 0.6) is 0 Å². The molecular weight excluding hydrogens is 210 g/mol. The van der Waals surface area contributed by atoms with Gasteiger partial charge in [-0.15, -0.1) is 0 Å². The quantitative estimate of drug-likeness (QED) is 0.840. The number of aliphatic hydroxyl groups excluding tert-OH is 1. The SMILES string of the molecule is NCCc1ccccc1C(O)C1CCCCC1. The molecule has 0 saturated heterocycles. The van der Waals surface area contributed by atoms with Gasteiger partial charge < -0.3 is 10.8 Å². The fourth-order valence-electron chi connectivity index (χ4n) is 2.91. The van der Waals surface area contributed by atoms with Gasteiger partial charge in [-0.25, -0.2) is 0 Å². The average molecular weight is 233 g/mol. The number of hydrogen-bond acceptors (Lipinski definition) is 2. The Hall–Kier alpha value is -0.860. The number of benzene rings is 1. The molecule has 1 aromatic carbocycles. The van der Waals surface area contributed by atoms with E-state index in [9.17, 15) is 5.11 Å². The molecule has 0 aliphatic heterocycles. The maximum absolute atomic E-state index is 10.5. The van der Waals surface area contributed by atoms with Gasteiger partial charge in [0.15, 0.2) is 0 Å². The third kappa shape index (κ3) is 3.08. The zero-order valence-corrected chi connectivity index (χ0v) is 10.4. The van der Waals surface area contributed by atoms with E-state index in [1.165, 1.54) is 24.8 Å². The molecule has 0 aromatic heterocycles. The van der Waals surface area contributed by atoms with Crippen LogP contribution in [0.1, 0.15) is 49.3 Å². The highest BCUT2D eigenvalue weighted by atomic mass is 16.3. The number of aliphatic hydroxyl groups is 1. The van der Waals surface area contributed by atoms with E-state index in [1.807, 2.05) is 12.1 Å². The van der Waals surface area contributed by atoms with Crippen molar-refractivity contribution in [3.8, 4) is 0 Å².